The van der Waals surface area contributed by atoms with E-state index in [-0.39, 0.29) is 0 Å². The summed E-state index contributed by atoms with van der Waals surface area (Å²) >= 11 is 6.11. The predicted molar refractivity (Wildman–Crippen MR) is 76.1 cm³/mol. The number of benzene rings is 1. The third-order valence-electron chi connectivity index (χ3n) is 3.71. The molecule has 2 nitrogen and oxygen atoms in total. The molecular formula is C15H22ClNO. The van der Waals surface area contributed by atoms with E-state index < -0.39 is 0 Å². The molecule has 0 N–H and O–H groups in total. The SMILES string of the molecule is CC.Cc1c(Cl)cccc1CN1CC2(COC2)C1. The van der Waals surface area contributed by atoms with Crippen molar-refractivity contribution in [3.63, 3.8) is 0 Å². The van der Waals surface area contributed by atoms with Crippen LogP contribution >= 0.6 is 11.6 Å². The highest BCUT2D eigenvalue weighted by atomic mass is 35.5. The molecule has 1 aromatic carbocycles. The monoisotopic (exact) mass is 267 g/mol. The molecule has 0 radical (unpaired) electrons. The second-order valence-corrected chi connectivity index (χ2v) is 5.57. The summed E-state index contributed by atoms with van der Waals surface area (Å²) < 4.78 is 5.27. The summed E-state index contributed by atoms with van der Waals surface area (Å²) in [4.78, 5) is 2.47. The van der Waals surface area contributed by atoms with Gasteiger partial charge in [-0.1, -0.05) is 37.6 Å². The average molecular weight is 268 g/mol. The van der Waals surface area contributed by atoms with Crippen molar-refractivity contribution in [1.29, 1.82) is 0 Å². The number of hydrogen-bond donors (Lipinski definition) is 0. The van der Waals surface area contributed by atoms with Gasteiger partial charge < -0.3 is 4.74 Å². The molecule has 0 saturated carbocycles. The average Bonchev–Trinajstić information content (AvgIpc) is 2.28. The highest BCUT2D eigenvalue weighted by Gasteiger charge is 2.48. The Bertz CT molecular complexity index is 407. The lowest BCUT2D eigenvalue weighted by Gasteiger charge is -2.55. The third kappa shape index (κ3) is 2.56. The lowest BCUT2D eigenvalue weighted by atomic mass is 9.78. The number of likely N-dealkylation sites (tertiary alicyclic amines) is 1. The first-order valence-corrected chi connectivity index (χ1v) is 7.10. The van der Waals surface area contributed by atoms with E-state index in [1.54, 1.807) is 0 Å². The Kier molecular flexibility index (Phi) is 4.31. The van der Waals surface area contributed by atoms with Gasteiger partial charge in [0.2, 0.25) is 0 Å². The normalized spacial score (nSPS) is 20.7. The second-order valence-electron chi connectivity index (χ2n) is 5.16. The quantitative estimate of drug-likeness (QED) is 0.813. The maximum Gasteiger partial charge on any atom is 0.0569 e. The Morgan fingerprint density at radius 1 is 1.28 bits per heavy atom. The fraction of sp³-hybridized carbons (Fsp3) is 0.600. The van der Waals surface area contributed by atoms with Gasteiger partial charge in [0.05, 0.1) is 13.2 Å². The summed E-state index contributed by atoms with van der Waals surface area (Å²) in [6, 6.07) is 6.16. The Balaban J connectivity index is 0.000000574. The predicted octanol–water partition coefficient (Wildman–Crippen LogP) is 3.51. The van der Waals surface area contributed by atoms with E-state index in [0.717, 1.165) is 24.8 Å². The molecule has 0 amide bonds. The number of halogens is 1. The largest absolute Gasteiger partial charge is 0.380 e. The van der Waals surface area contributed by atoms with Crippen molar-refractivity contribution in [1.82, 2.24) is 4.90 Å². The van der Waals surface area contributed by atoms with E-state index in [0.29, 0.717) is 5.41 Å². The van der Waals surface area contributed by atoms with Crippen LogP contribution in [0.4, 0.5) is 0 Å². The summed E-state index contributed by atoms with van der Waals surface area (Å²) in [5, 5.41) is 0.875. The lowest BCUT2D eigenvalue weighted by molar-refractivity contribution is -0.191. The first-order chi connectivity index (χ1) is 8.69. The van der Waals surface area contributed by atoms with Gasteiger partial charge in [-0.25, -0.2) is 0 Å². The Morgan fingerprint density at radius 2 is 1.94 bits per heavy atom. The smallest absolute Gasteiger partial charge is 0.0569 e. The van der Waals surface area contributed by atoms with E-state index in [2.05, 4.69) is 17.9 Å². The van der Waals surface area contributed by atoms with Gasteiger partial charge in [0.15, 0.2) is 0 Å². The molecule has 0 aliphatic carbocycles. The third-order valence-corrected chi connectivity index (χ3v) is 4.12. The van der Waals surface area contributed by atoms with Crippen molar-refractivity contribution >= 4 is 11.6 Å². The lowest BCUT2D eigenvalue weighted by Crippen LogP contribution is -2.65. The summed E-state index contributed by atoms with van der Waals surface area (Å²) in [6.07, 6.45) is 0. The van der Waals surface area contributed by atoms with Crippen LogP contribution in [0, 0.1) is 12.3 Å². The maximum absolute atomic E-state index is 6.11. The van der Waals surface area contributed by atoms with Crippen LogP contribution in [-0.4, -0.2) is 31.2 Å². The number of nitrogens with zero attached hydrogens (tertiary/aromatic N) is 1. The molecule has 2 aliphatic rings. The van der Waals surface area contributed by atoms with Crippen molar-refractivity contribution < 1.29 is 4.74 Å². The molecule has 0 bridgehead atoms. The second kappa shape index (κ2) is 5.60. The molecule has 2 aliphatic heterocycles. The van der Waals surface area contributed by atoms with Crippen molar-refractivity contribution in [3.8, 4) is 0 Å². The molecule has 1 spiro atoms. The first-order valence-electron chi connectivity index (χ1n) is 6.73. The zero-order chi connectivity index (χ0) is 13.2. The molecule has 3 heteroatoms. The molecule has 0 atom stereocenters. The van der Waals surface area contributed by atoms with Gasteiger partial charge in [0.1, 0.15) is 0 Å². The highest BCUT2D eigenvalue weighted by Crippen LogP contribution is 2.38. The molecule has 3 rings (SSSR count). The number of ether oxygens (including phenoxy) is 1. The molecule has 2 fully saturated rings. The maximum atomic E-state index is 6.11. The van der Waals surface area contributed by atoms with Crippen LogP contribution in [0.2, 0.25) is 5.02 Å². The van der Waals surface area contributed by atoms with Gasteiger partial charge in [-0.3, -0.25) is 4.90 Å². The number of rotatable bonds is 2. The van der Waals surface area contributed by atoms with Crippen LogP contribution < -0.4 is 0 Å². The van der Waals surface area contributed by atoms with Crippen molar-refractivity contribution in [2.45, 2.75) is 27.3 Å². The van der Waals surface area contributed by atoms with E-state index in [1.807, 2.05) is 26.0 Å². The van der Waals surface area contributed by atoms with Crippen LogP contribution in [0.3, 0.4) is 0 Å². The van der Waals surface area contributed by atoms with Crippen molar-refractivity contribution in [2.24, 2.45) is 5.41 Å². The summed E-state index contributed by atoms with van der Waals surface area (Å²) in [5.74, 6) is 0. The van der Waals surface area contributed by atoms with Crippen molar-refractivity contribution in [3.05, 3.63) is 34.3 Å². The topological polar surface area (TPSA) is 12.5 Å². The minimum Gasteiger partial charge on any atom is -0.380 e. The standard InChI is InChI=1S/C13H16ClNO.C2H6/c1-10-11(3-2-4-12(10)14)5-15-6-13(7-15)8-16-9-13;1-2/h2-4H,5-9H2,1H3;1-2H3. The molecule has 0 aromatic heterocycles. The molecule has 2 heterocycles. The first kappa shape index (κ1) is 13.9. The van der Waals surface area contributed by atoms with Gasteiger partial charge in [-0.05, 0) is 24.1 Å². The number of hydrogen-bond acceptors (Lipinski definition) is 2. The van der Waals surface area contributed by atoms with Gasteiger partial charge in [0, 0.05) is 30.1 Å². The minimum atomic E-state index is 0.506. The van der Waals surface area contributed by atoms with Gasteiger partial charge in [-0.2, -0.15) is 0 Å². The molecule has 2 saturated heterocycles. The fourth-order valence-electron chi connectivity index (χ4n) is 2.65. The zero-order valence-corrected chi connectivity index (χ0v) is 12.3. The summed E-state index contributed by atoms with van der Waals surface area (Å²) in [6.45, 7) is 11.4. The molecule has 0 unspecified atom stereocenters. The Hall–Kier alpha value is -0.570. The van der Waals surface area contributed by atoms with E-state index in [4.69, 9.17) is 16.3 Å². The summed E-state index contributed by atoms with van der Waals surface area (Å²) in [5.41, 5.74) is 3.07. The Labute approximate surface area is 115 Å². The van der Waals surface area contributed by atoms with Gasteiger partial charge >= 0.3 is 0 Å². The summed E-state index contributed by atoms with van der Waals surface area (Å²) in [7, 11) is 0. The molecule has 18 heavy (non-hydrogen) atoms. The van der Waals surface area contributed by atoms with E-state index in [9.17, 15) is 0 Å². The van der Waals surface area contributed by atoms with Crippen LogP contribution in [0.1, 0.15) is 25.0 Å². The van der Waals surface area contributed by atoms with E-state index >= 15 is 0 Å². The van der Waals surface area contributed by atoms with Crippen molar-refractivity contribution in [2.75, 3.05) is 26.3 Å². The van der Waals surface area contributed by atoms with Gasteiger partial charge in [0.25, 0.3) is 0 Å². The van der Waals surface area contributed by atoms with Crippen LogP contribution in [0.25, 0.3) is 0 Å². The van der Waals surface area contributed by atoms with E-state index in [1.165, 1.54) is 24.2 Å². The molecule has 100 valence electrons. The molecular weight excluding hydrogens is 246 g/mol. The van der Waals surface area contributed by atoms with Crippen LogP contribution in [-0.2, 0) is 11.3 Å². The Morgan fingerprint density at radius 3 is 2.50 bits per heavy atom. The fourth-order valence-corrected chi connectivity index (χ4v) is 2.85. The molecule has 1 aromatic rings. The van der Waals surface area contributed by atoms with Crippen LogP contribution in [0.15, 0.2) is 18.2 Å². The van der Waals surface area contributed by atoms with Crippen LogP contribution in [0.5, 0.6) is 0 Å². The van der Waals surface area contributed by atoms with Gasteiger partial charge in [-0.15, -0.1) is 0 Å². The highest BCUT2D eigenvalue weighted by molar-refractivity contribution is 6.31. The minimum absolute atomic E-state index is 0.506. The zero-order valence-electron chi connectivity index (χ0n) is 11.5.